The highest BCUT2D eigenvalue weighted by atomic mass is 16.4. The molecule has 0 fully saturated rings. The van der Waals surface area contributed by atoms with Gasteiger partial charge in [-0.05, 0) is 17.7 Å². The minimum Gasteiger partial charge on any atom is -0.544 e. The number of benzene rings is 1. The Morgan fingerprint density at radius 3 is 2.12 bits per heavy atom. The molecule has 2 aromatic rings. The van der Waals surface area contributed by atoms with E-state index in [0.29, 0.717) is 10.9 Å². The Morgan fingerprint density at radius 1 is 1.12 bits per heavy atom. The second-order valence-electron chi connectivity index (χ2n) is 6.19. The average molecular weight is 330 g/mol. The lowest BCUT2D eigenvalue weighted by molar-refractivity contribution is -0.889. The zero-order valence-electron chi connectivity index (χ0n) is 14.0. The highest BCUT2D eigenvalue weighted by Gasteiger charge is 2.25. The van der Waals surface area contributed by atoms with Crippen LogP contribution in [0.2, 0.25) is 0 Å². The first-order chi connectivity index (χ1) is 11.2. The van der Waals surface area contributed by atoms with Crippen LogP contribution >= 0.6 is 0 Å². The van der Waals surface area contributed by atoms with Gasteiger partial charge >= 0.3 is 5.97 Å². The van der Waals surface area contributed by atoms with E-state index in [1.807, 2.05) is 51.5 Å². The van der Waals surface area contributed by atoms with Crippen molar-refractivity contribution in [3.05, 3.63) is 66.0 Å². The second-order valence-corrected chi connectivity index (χ2v) is 6.19. The fourth-order valence-corrected chi connectivity index (χ4v) is 2.00. The monoisotopic (exact) mass is 330 g/mol. The number of carboxylic acids is 2. The zero-order valence-corrected chi connectivity index (χ0v) is 14.0. The number of nitrogens with zero attached hydrogens (tertiary/aromatic N) is 2. The first-order valence-corrected chi connectivity index (χ1v) is 7.41. The fraction of sp³-hybridized carbons (Fsp3) is 0.278. The van der Waals surface area contributed by atoms with Crippen molar-refractivity contribution in [1.82, 2.24) is 4.98 Å². The molecule has 0 radical (unpaired) electrons. The lowest BCUT2D eigenvalue weighted by atomic mass is 10.0. The van der Waals surface area contributed by atoms with Gasteiger partial charge in [-0.1, -0.05) is 30.3 Å². The second kappa shape index (κ2) is 8.79. The van der Waals surface area contributed by atoms with Crippen molar-refractivity contribution >= 4 is 11.9 Å². The summed E-state index contributed by atoms with van der Waals surface area (Å²) in [7, 11) is 5.59. The molecule has 6 nitrogen and oxygen atoms in total. The number of hydrogen-bond donors (Lipinski definition) is 1. The predicted molar refractivity (Wildman–Crippen MR) is 88.2 cm³/mol. The Balaban J connectivity index is 0.000000272. The van der Waals surface area contributed by atoms with Gasteiger partial charge in [-0.15, -0.1) is 0 Å². The molecule has 1 N–H and O–H groups in total. The lowest BCUT2D eigenvalue weighted by Gasteiger charge is -2.34. The van der Waals surface area contributed by atoms with Gasteiger partial charge < -0.3 is 19.5 Å². The van der Waals surface area contributed by atoms with E-state index in [2.05, 4.69) is 4.98 Å². The van der Waals surface area contributed by atoms with Crippen LogP contribution in [0, 0.1) is 0 Å². The molecule has 0 spiro atoms. The van der Waals surface area contributed by atoms with E-state index in [4.69, 9.17) is 5.11 Å². The third-order valence-electron chi connectivity index (χ3n) is 3.39. The van der Waals surface area contributed by atoms with E-state index in [1.54, 1.807) is 6.07 Å². The van der Waals surface area contributed by atoms with Crippen molar-refractivity contribution in [3.8, 4) is 0 Å². The summed E-state index contributed by atoms with van der Waals surface area (Å²) in [5, 5.41) is 19.4. The largest absolute Gasteiger partial charge is 0.544 e. The van der Waals surface area contributed by atoms with Crippen LogP contribution < -0.4 is 5.11 Å². The number of carboxylic acid groups (broad SMARTS) is 2. The summed E-state index contributed by atoms with van der Waals surface area (Å²) in [6.45, 7) is 0. The maximum atomic E-state index is 11.0. The summed E-state index contributed by atoms with van der Waals surface area (Å²) in [6.07, 6.45) is 3.35. The third kappa shape index (κ3) is 6.58. The third-order valence-corrected chi connectivity index (χ3v) is 3.39. The van der Waals surface area contributed by atoms with Gasteiger partial charge in [0, 0.05) is 18.8 Å². The molecular formula is C18H22N2O4. The highest BCUT2D eigenvalue weighted by molar-refractivity contribution is 5.86. The Morgan fingerprint density at radius 2 is 1.75 bits per heavy atom. The first kappa shape index (κ1) is 19.3. The van der Waals surface area contributed by atoms with Gasteiger partial charge in [-0.2, -0.15) is 0 Å². The predicted octanol–water partition coefficient (Wildman–Crippen LogP) is 0.834. The van der Waals surface area contributed by atoms with E-state index in [-0.39, 0.29) is 5.56 Å². The number of carbonyl (C=O) groups is 2. The molecule has 1 aromatic carbocycles. The number of pyridine rings is 1. The normalized spacial score (nSPS) is 11.8. The number of aromatic carboxylic acids is 1. The summed E-state index contributed by atoms with van der Waals surface area (Å²) in [5.41, 5.74) is 1.25. The van der Waals surface area contributed by atoms with E-state index < -0.39 is 18.0 Å². The van der Waals surface area contributed by atoms with E-state index >= 15 is 0 Å². The van der Waals surface area contributed by atoms with Crippen LogP contribution in [0.3, 0.4) is 0 Å². The number of quaternary nitrogens is 1. The van der Waals surface area contributed by atoms with Crippen molar-refractivity contribution in [1.29, 1.82) is 0 Å². The summed E-state index contributed by atoms with van der Waals surface area (Å²) >= 11 is 0. The Bertz CT molecular complexity index is 652. The van der Waals surface area contributed by atoms with Crippen molar-refractivity contribution < 1.29 is 24.3 Å². The van der Waals surface area contributed by atoms with Gasteiger partial charge in [0.15, 0.2) is 0 Å². The molecule has 0 amide bonds. The van der Waals surface area contributed by atoms with Crippen LogP contribution in [0.15, 0.2) is 54.9 Å². The van der Waals surface area contributed by atoms with Gasteiger partial charge in [0.05, 0.1) is 32.7 Å². The first-order valence-electron chi connectivity index (χ1n) is 7.41. The van der Waals surface area contributed by atoms with Crippen LogP contribution in [-0.4, -0.2) is 53.7 Å². The molecule has 0 bridgehead atoms. The Kier molecular flexibility index (Phi) is 7.07. The smallest absolute Gasteiger partial charge is 0.337 e. The molecule has 0 aliphatic rings. The SMILES string of the molecule is C[N+](C)(C)C(Cc1ccccc1)C(=O)[O-].O=C(O)c1cccnc1. The number of rotatable bonds is 5. The quantitative estimate of drug-likeness (QED) is 0.820. The molecule has 1 aromatic heterocycles. The van der Waals surface area contributed by atoms with Crippen LogP contribution in [-0.2, 0) is 11.2 Å². The zero-order chi connectivity index (χ0) is 18.2. The standard InChI is InChI=1S/C12H17NO2.C6H5NO2/c1-13(2,3)11(12(14)15)9-10-7-5-4-6-8-10;8-6(9)5-2-1-3-7-4-5/h4-8,11H,9H2,1-3H3;1-4H,(H,8,9). The molecular weight excluding hydrogens is 308 g/mol. The van der Waals surface area contributed by atoms with Crippen molar-refractivity contribution in [2.75, 3.05) is 21.1 Å². The molecule has 1 unspecified atom stereocenters. The van der Waals surface area contributed by atoms with Crippen LogP contribution in [0.1, 0.15) is 15.9 Å². The van der Waals surface area contributed by atoms with Crippen LogP contribution in [0.4, 0.5) is 0 Å². The summed E-state index contributed by atoms with van der Waals surface area (Å²) in [5.74, 6) is -1.94. The highest BCUT2D eigenvalue weighted by Crippen LogP contribution is 2.10. The topological polar surface area (TPSA) is 90.3 Å². The average Bonchev–Trinajstić information content (AvgIpc) is 2.53. The van der Waals surface area contributed by atoms with Crippen molar-refractivity contribution in [2.45, 2.75) is 12.5 Å². The van der Waals surface area contributed by atoms with Crippen LogP contribution in [0.5, 0.6) is 0 Å². The van der Waals surface area contributed by atoms with Crippen molar-refractivity contribution in [2.24, 2.45) is 0 Å². The Hall–Kier alpha value is -2.73. The van der Waals surface area contributed by atoms with E-state index in [1.165, 1.54) is 18.5 Å². The molecule has 0 aliphatic heterocycles. The Labute approximate surface area is 141 Å². The number of hydrogen-bond acceptors (Lipinski definition) is 4. The van der Waals surface area contributed by atoms with Crippen LogP contribution in [0.25, 0.3) is 0 Å². The summed E-state index contributed by atoms with van der Waals surface area (Å²) < 4.78 is 0.372. The minimum atomic E-state index is -0.994. The number of carbonyl (C=O) groups excluding carboxylic acids is 1. The molecule has 24 heavy (non-hydrogen) atoms. The maximum Gasteiger partial charge on any atom is 0.337 e. The number of likely N-dealkylation sites (N-methyl/N-ethyl adjacent to an activating group) is 1. The number of aromatic nitrogens is 1. The van der Waals surface area contributed by atoms with Crippen molar-refractivity contribution in [3.63, 3.8) is 0 Å². The van der Waals surface area contributed by atoms with Gasteiger partial charge in [0.25, 0.3) is 0 Å². The molecule has 0 aliphatic carbocycles. The maximum absolute atomic E-state index is 11.0. The molecule has 2 rings (SSSR count). The van der Waals surface area contributed by atoms with Gasteiger partial charge in [0.1, 0.15) is 6.04 Å². The van der Waals surface area contributed by atoms with Gasteiger partial charge in [0.2, 0.25) is 0 Å². The molecule has 1 heterocycles. The van der Waals surface area contributed by atoms with Gasteiger partial charge in [-0.25, -0.2) is 4.79 Å². The lowest BCUT2D eigenvalue weighted by Crippen LogP contribution is -2.55. The molecule has 0 saturated carbocycles. The molecule has 0 saturated heterocycles. The molecule has 6 heteroatoms. The number of aliphatic carboxylic acids is 1. The summed E-state index contributed by atoms with van der Waals surface area (Å²) in [6, 6.07) is 12.2. The van der Waals surface area contributed by atoms with E-state index in [0.717, 1.165) is 5.56 Å². The molecule has 128 valence electrons. The fourth-order valence-electron chi connectivity index (χ4n) is 2.00. The van der Waals surface area contributed by atoms with E-state index in [9.17, 15) is 14.7 Å². The van der Waals surface area contributed by atoms with Gasteiger partial charge in [-0.3, -0.25) is 4.98 Å². The summed E-state index contributed by atoms with van der Waals surface area (Å²) in [4.78, 5) is 24.8. The molecule has 1 atom stereocenters. The minimum absolute atomic E-state index is 0.220.